The van der Waals surface area contributed by atoms with Crippen LogP contribution in [0.3, 0.4) is 0 Å². The van der Waals surface area contributed by atoms with Crippen molar-refractivity contribution >= 4 is 11.3 Å². The highest BCUT2D eigenvalue weighted by Crippen LogP contribution is 2.25. The van der Waals surface area contributed by atoms with Crippen LogP contribution in [0, 0.1) is 6.92 Å². The summed E-state index contributed by atoms with van der Waals surface area (Å²) >= 11 is 1.82. The fourth-order valence-corrected chi connectivity index (χ4v) is 2.69. The second-order valence-electron chi connectivity index (χ2n) is 3.74. The predicted octanol–water partition coefficient (Wildman–Crippen LogP) is 1.42. The van der Waals surface area contributed by atoms with E-state index in [9.17, 15) is 0 Å². The Morgan fingerprint density at radius 3 is 2.79 bits per heavy atom. The maximum Gasteiger partial charge on any atom is 0.0897 e. The van der Waals surface area contributed by atoms with Gasteiger partial charge in [-0.1, -0.05) is 0 Å². The molecule has 1 saturated heterocycles. The van der Waals surface area contributed by atoms with Gasteiger partial charge >= 0.3 is 0 Å². The number of rotatable bonds is 2. The van der Waals surface area contributed by atoms with Crippen LogP contribution in [0.5, 0.6) is 0 Å². The molecular formula is C10H17N3S. The van der Waals surface area contributed by atoms with Crippen molar-refractivity contribution in [3.05, 3.63) is 16.1 Å². The molecule has 1 aliphatic heterocycles. The van der Waals surface area contributed by atoms with Gasteiger partial charge in [-0.25, -0.2) is 4.98 Å². The summed E-state index contributed by atoms with van der Waals surface area (Å²) in [6, 6.07) is 0.531. The largest absolute Gasteiger partial charge is 0.314 e. The lowest BCUT2D eigenvalue weighted by Crippen LogP contribution is -2.44. The lowest BCUT2D eigenvalue weighted by Gasteiger charge is -2.31. The van der Waals surface area contributed by atoms with Crippen LogP contribution in [0.1, 0.15) is 22.9 Å². The van der Waals surface area contributed by atoms with Gasteiger partial charge in [0, 0.05) is 43.3 Å². The standard InChI is InChI=1S/C10H17N3S/c1-8(10-7-12-9(2)14-10)13-5-3-11-4-6-13/h7-8,11H,3-6H2,1-2H3. The number of aryl methyl sites for hydroxylation is 1. The molecule has 1 aliphatic rings. The highest BCUT2D eigenvalue weighted by atomic mass is 32.1. The van der Waals surface area contributed by atoms with Crippen molar-refractivity contribution in [1.82, 2.24) is 15.2 Å². The minimum Gasteiger partial charge on any atom is -0.314 e. The van der Waals surface area contributed by atoms with E-state index in [0.29, 0.717) is 6.04 Å². The molecule has 1 unspecified atom stereocenters. The third kappa shape index (κ3) is 2.13. The van der Waals surface area contributed by atoms with E-state index in [1.165, 1.54) is 9.88 Å². The number of nitrogens with zero attached hydrogens (tertiary/aromatic N) is 2. The summed E-state index contributed by atoms with van der Waals surface area (Å²) in [5.74, 6) is 0. The molecule has 0 spiro atoms. The Kier molecular flexibility index (Phi) is 3.15. The highest BCUT2D eigenvalue weighted by Gasteiger charge is 2.19. The fourth-order valence-electron chi connectivity index (χ4n) is 1.82. The predicted molar refractivity (Wildman–Crippen MR) is 59.7 cm³/mol. The first kappa shape index (κ1) is 10.1. The Labute approximate surface area is 89.1 Å². The zero-order valence-corrected chi connectivity index (χ0v) is 9.60. The smallest absolute Gasteiger partial charge is 0.0897 e. The number of nitrogens with one attached hydrogen (secondary N) is 1. The van der Waals surface area contributed by atoms with Crippen LogP contribution in [-0.2, 0) is 0 Å². The van der Waals surface area contributed by atoms with Crippen LogP contribution < -0.4 is 5.32 Å². The molecule has 3 nitrogen and oxygen atoms in total. The van der Waals surface area contributed by atoms with Crippen molar-refractivity contribution in [3.8, 4) is 0 Å². The summed E-state index contributed by atoms with van der Waals surface area (Å²) < 4.78 is 0. The van der Waals surface area contributed by atoms with Crippen LogP contribution in [0.4, 0.5) is 0 Å². The molecule has 2 heterocycles. The quantitative estimate of drug-likeness (QED) is 0.802. The Morgan fingerprint density at radius 2 is 2.21 bits per heavy atom. The summed E-state index contributed by atoms with van der Waals surface area (Å²) in [5, 5.41) is 4.54. The van der Waals surface area contributed by atoms with E-state index in [-0.39, 0.29) is 0 Å². The molecule has 2 rings (SSSR count). The first-order valence-corrected chi connectivity index (χ1v) is 5.96. The molecule has 0 radical (unpaired) electrons. The van der Waals surface area contributed by atoms with Gasteiger partial charge in [0.15, 0.2) is 0 Å². The minimum absolute atomic E-state index is 0.531. The fraction of sp³-hybridized carbons (Fsp3) is 0.700. The van der Waals surface area contributed by atoms with E-state index in [0.717, 1.165) is 26.2 Å². The van der Waals surface area contributed by atoms with Crippen LogP contribution in [0.2, 0.25) is 0 Å². The topological polar surface area (TPSA) is 28.2 Å². The van der Waals surface area contributed by atoms with Gasteiger partial charge in [-0.3, -0.25) is 4.90 Å². The maximum atomic E-state index is 4.31. The first-order chi connectivity index (χ1) is 6.77. The molecule has 0 bridgehead atoms. The molecule has 1 fully saturated rings. The summed E-state index contributed by atoms with van der Waals surface area (Å²) in [5.41, 5.74) is 0. The van der Waals surface area contributed by atoms with Crippen molar-refractivity contribution in [2.45, 2.75) is 19.9 Å². The molecule has 1 aromatic heterocycles. The van der Waals surface area contributed by atoms with Crippen LogP contribution in [0.25, 0.3) is 0 Å². The highest BCUT2D eigenvalue weighted by molar-refractivity contribution is 7.11. The number of thiazole rings is 1. The zero-order chi connectivity index (χ0) is 9.97. The van der Waals surface area contributed by atoms with E-state index in [2.05, 4.69) is 29.0 Å². The molecule has 1 N–H and O–H groups in total. The van der Waals surface area contributed by atoms with Crippen LogP contribution >= 0.6 is 11.3 Å². The van der Waals surface area contributed by atoms with Crippen LogP contribution in [0.15, 0.2) is 6.20 Å². The van der Waals surface area contributed by atoms with E-state index in [4.69, 9.17) is 0 Å². The number of hydrogen-bond acceptors (Lipinski definition) is 4. The molecule has 0 aliphatic carbocycles. The van der Waals surface area contributed by atoms with Gasteiger partial charge in [-0.15, -0.1) is 11.3 Å². The monoisotopic (exact) mass is 211 g/mol. The molecule has 14 heavy (non-hydrogen) atoms. The van der Waals surface area contributed by atoms with Gasteiger partial charge in [-0.2, -0.15) is 0 Å². The Morgan fingerprint density at radius 1 is 1.50 bits per heavy atom. The number of aromatic nitrogens is 1. The summed E-state index contributed by atoms with van der Waals surface area (Å²) in [7, 11) is 0. The molecule has 1 aromatic rings. The summed E-state index contributed by atoms with van der Waals surface area (Å²) in [6.07, 6.45) is 2.02. The minimum atomic E-state index is 0.531. The average Bonchev–Trinajstić information content (AvgIpc) is 2.65. The molecule has 0 amide bonds. The molecule has 1 atom stereocenters. The second-order valence-corrected chi connectivity index (χ2v) is 5.01. The zero-order valence-electron chi connectivity index (χ0n) is 8.79. The van der Waals surface area contributed by atoms with Gasteiger partial charge < -0.3 is 5.32 Å². The van der Waals surface area contributed by atoms with Gasteiger partial charge in [0.05, 0.1) is 5.01 Å². The Balaban J connectivity index is 2.03. The average molecular weight is 211 g/mol. The van der Waals surface area contributed by atoms with Gasteiger partial charge in [-0.05, 0) is 13.8 Å². The molecule has 0 saturated carbocycles. The van der Waals surface area contributed by atoms with Crippen molar-refractivity contribution in [1.29, 1.82) is 0 Å². The van der Waals surface area contributed by atoms with Crippen molar-refractivity contribution < 1.29 is 0 Å². The molecule has 78 valence electrons. The molecular weight excluding hydrogens is 194 g/mol. The number of piperazine rings is 1. The van der Waals surface area contributed by atoms with E-state index in [1.54, 1.807) is 0 Å². The Bertz CT molecular complexity index is 291. The van der Waals surface area contributed by atoms with Crippen molar-refractivity contribution in [3.63, 3.8) is 0 Å². The van der Waals surface area contributed by atoms with E-state index in [1.807, 2.05) is 17.5 Å². The van der Waals surface area contributed by atoms with Crippen LogP contribution in [-0.4, -0.2) is 36.1 Å². The van der Waals surface area contributed by atoms with Gasteiger partial charge in [0.25, 0.3) is 0 Å². The maximum absolute atomic E-state index is 4.31. The molecule has 0 aromatic carbocycles. The van der Waals surface area contributed by atoms with E-state index < -0.39 is 0 Å². The second kappa shape index (κ2) is 4.38. The Hall–Kier alpha value is -0.450. The lowest BCUT2D eigenvalue weighted by molar-refractivity contribution is 0.188. The van der Waals surface area contributed by atoms with Gasteiger partial charge in [0.1, 0.15) is 0 Å². The van der Waals surface area contributed by atoms with Gasteiger partial charge in [0.2, 0.25) is 0 Å². The third-order valence-corrected chi connectivity index (χ3v) is 3.83. The third-order valence-electron chi connectivity index (χ3n) is 2.75. The van der Waals surface area contributed by atoms with E-state index >= 15 is 0 Å². The normalized spacial score (nSPS) is 21.0. The van der Waals surface area contributed by atoms with Crippen molar-refractivity contribution in [2.75, 3.05) is 26.2 Å². The summed E-state index contributed by atoms with van der Waals surface area (Å²) in [6.45, 7) is 8.87. The molecule has 4 heteroatoms. The SMILES string of the molecule is Cc1ncc(C(C)N2CCNCC2)s1. The van der Waals surface area contributed by atoms with Crippen molar-refractivity contribution in [2.24, 2.45) is 0 Å². The summed E-state index contributed by atoms with van der Waals surface area (Å²) in [4.78, 5) is 8.22. The lowest BCUT2D eigenvalue weighted by atomic mass is 10.2. The number of hydrogen-bond donors (Lipinski definition) is 1. The first-order valence-electron chi connectivity index (χ1n) is 5.14.